The molecule has 0 atom stereocenters. The summed E-state index contributed by atoms with van der Waals surface area (Å²) in [5, 5.41) is 4.34. The highest BCUT2D eigenvalue weighted by atomic mass is 15.3. The second-order valence-corrected chi connectivity index (χ2v) is 2.50. The molecule has 0 N–H and O–H groups in total. The first-order valence-corrected chi connectivity index (χ1v) is 4.00. The summed E-state index contributed by atoms with van der Waals surface area (Å²) in [6.45, 7) is 6.72. The molecule has 0 bridgehead atoms. The van der Waals surface area contributed by atoms with Gasteiger partial charge in [-0.2, -0.15) is 5.10 Å². The van der Waals surface area contributed by atoms with Crippen LogP contribution in [0.1, 0.15) is 19.0 Å². The average Bonchev–Trinajstić information content (AvgIpc) is 2.48. The van der Waals surface area contributed by atoms with Crippen molar-refractivity contribution < 1.29 is 0 Å². The van der Waals surface area contributed by atoms with Crippen LogP contribution in [0.5, 0.6) is 0 Å². The molecular formula is C9H14N2. The van der Waals surface area contributed by atoms with E-state index in [9.17, 15) is 0 Å². The molecule has 1 heterocycles. The fraction of sp³-hybridized carbons (Fsp3) is 0.444. The number of allylic oxidation sites excluding steroid dienone is 1. The van der Waals surface area contributed by atoms with Crippen LogP contribution in [0.25, 0.3) is 0 Å². The molecule has 0 aliphatic rings. The SMILES string of the molecule is C=CCCn1ccc(CC)n1. The molecule has 1 aromatic rings. The van der Waals surface area contributed by atoms with Gasteiger partial charge in [0.1, 0.15) is 0 Å². The Kier molecular flexibility index (Phi) is 2.90. The van der Waals surface area contributed by atoms with Gasteiger partial charge in [-0.1, -0.05) is 13.0 Å². The van der Waals surface area contributed by atoms with E-state index >= 15 is 0 Å². The number of rotatable bonds is 4. The van der Waals surface area contributed by atoms with E-state index in [1.807, 2.05) is 17.0 Å². The lowest BCUT2D eigenvalue weighted by Gasteiger charge is -1.95. The molecule has 2 heteroatoms. The monoisotopic (exact) mass is 150 g/mol. The summed E-state index contributed by atoms with van der Waals surface area (Å²) in [5.41, 5.74) is 1.16. The minimum absolute atomic E-state index is 0.948. The van der Waals surface area contributed by atoms with Crippen LogP contribution in [0, 0.1) is 0 Å². The van der Waals surface area contributed by atoms with Gasteiger partial charge in [-0.15, -0.1) is 6.58 Å². The van der Waals surface area contributed by atoms with Gasteiger partial charge in [-0.25, -0.2) is 0 Å². The van der Waals surface area contributed by atoms with Crippen LogP contribution in [0.3, 0.4) is 0 Å². The van der Waals surface area contributed by atoms with Gasteiger partial charge < -0.3 is 0 Å². The Morgan fingerprint density at radius 1 is 1.73 bits per heavy atom. The largest absolute Gasteiger partial charge is 0.272 e. The summed E-state index contributed by atoms with van der Waals surface area (Å²) >= 11 is 0. The number of hydrogen-bond acceptors (Lipinski definition) is 1. The molecular weight excluding hydrogens is 136 g/mol. The minimum Gasteiger partial charge on any atom is -0.272 e. The highest BCUT2D eigenvalue weighted by Crippen LogP contribution is 1.97. The molecule has 0 saturated carbocycles. The average molecular weight is 150 g/mol. The molecule has 0 fully saturated rings. The molecule has 0 unspecified atom stereocenters. The quantitative estimate of drug-likeness (QED) is 0.600. The van der Waals surface area contributed by atoms with E-state index in [-0.39, 0.29) is 0 Å². The lowest BCUT2D eigenvalue weighted by molar-refractivity contribution is 0.615. The lowest BCUT2D eigenvalue weighted by Crippen LogP contribution is -1.97. The van der Waals surface area contributed by atoms with Crippen LogP contribution >= 0.6 is 0 Å². The molecule has 0 aromatic carbocycles. The van der Waals surface area contributed by atoms with Crippen molar-refractivity contribution in [2.24, 2.45) is 0 Å². The maximum Gasteiger partial charge on any atom is 0.0621 e. The summed E-state index contributed by atoms with van der Waals surface area (Å²) in [7, 11) is 0. The molecule has 0 amide bonds. The number of aromatic nitrogens is 2. The first kappa shape index (κ1) is 8.05. The summed E-state index contributed by atoms with van der Waals surface area (Å²) in [5.74, 6) is 0. The van der Waals surface area contributed by atoms with Crippen LogP contribution in [-0.4, -0.2) is 9.78 Å². The Morgan fingerprint density at radius 3 is 3.09 bits per heavy atom. The molecule has 11 heavy (non-hydrogen) atoms. The summed E-state index contributed by atoms with van der Waals surface area (Å²) in [6.07, 6.45) is 5.93. The molecule has 0 aliphatic carbocycles. The van der Waals surface area contributed by atoms with E-state index in [1.54, 1.807) is 0 Å². The van der Waals surface area contributed by atoms with E-state index in [2.05, 4.69) is 24.7 Å². The maximum atomic E-state index is 4.34. The zero-order valence-corrected chi connectivity index (χ0v) is 6.95. The van der Waals surface area contributed by atoms with Crippen molar-refractivity contribution in [1.82, 2.24) is 9.78 Å². The molecule has 0 aliphatic heterocycles. The van der Waals surface area contributed by atoms with E-state index in [1.165, 1.54) is 0 Å². The first-order valence-electron chi connectivity index (χ1n) is 4.00. The van der Waals surface area contributed by atoms with Crippen molar-refractivity contribution in [2.45, 2.75) is 26.3 Å². The molecule has 60 valence electrons. The van der Waals surface area contributed by atoms with Crippen molar-refractivity contribution in [1.29, 1.82) is 0 Å². The Morgan fingerprint density at radius 2 is 2.55 bits per heavy atom. The van der Waals surface area contributed by atoms with Crippen molar-refractivity contribution in [3.05, 3.63) is 30.6 Å². The van der Waals surface area contributed by atoms with Crippen LogP contribution in [0.15, 0.2) is 24.9 Å². The van der Waals surface area contributed by atoms with E-state index in [4.69, 9.17) is 0 Å². The number of hydrogen-bond donors (Lipinski definition) is 0. The Balaban J connectivity index is 2.50. The zero-order valence-electron chi connectivity index (χ0n) is 6.95. The van der Waals surface area contributed by atoms with Gasteiger partial charge in [0.25, 0.3) is 0 Å². The van der Waals surface area contributed by atoms with Crippen LogP contribution in [-0.2, 0) is 13.0 Å². The summed E-state index contributed by atoms with van der Waals surface area (Å²) in [4.78, 5) is 0. The van der Waals surface area contributed by atoms with Gasteiger partial charge in [0.15, 0.2) is 0 Å². The predicted molar refractivity (Wildman–Crippen MR) is 46.4 cm³/mol. The van der Waals surface area contributed by atoms with Crippen molar-refractivity contribution in [2.75, 3.05) is 0 Å². The molecule has 1 rings (SSSR count). The summed E-state index contributed by atoms with van der Waals surface area (Å²) < 4.78 is 1.96. The van der Waals surface area contributed by atoms with Crippen molar-refractivity contribution >= 4 is 0 Å². The summed E-state index contributed by atoms with van der Waals surface area (Å²) in [6, 6.07) is 2.06. The van der Waals surface area contributed by atoms with Crippen LogP contribution in [0.2, 0.25) is 0 Å². The fourth-order valence-corrected chi connectivity index (χ4v) is 0.940. The number of aryl methyl sites for hydroxylation is 2. The second kappa shape index (κ2) is 3.96. The van der Waals surface area contributed by atoms with Gasteiger partial charge in [-0.05, 0) is 18.9 Å². The van der Waals surface area contributed by atoms with Crippen LogP contribution in [0.4, 0.5) is 0 Å². The van der Waals surface area contributed by atoms with Gasteiger partial charge in [0.2, 0.25) is 0 Å². The lowest BCUT2D eigenvalue weighted by atomic mass is 10.4. The normalized spacial score (nSPS) is 9.91. The Bertz CT molecular complexity index is 225. The molecule has 0 saturated heterocycles. The standard InChI is InChI=1S/C9H14N2/c1-3-5-7-11-8-6-9(4-2)10-11/h3,6,8H,1,4-5,7H2,2H3. The third-order valence-corrected chi connectivity index (χ3v) is 1.62. The maximum absolute atomic E-state index is 4.34. The highest BCUT2D eigenvalue weighted by molar-refractivity contribution is 4.97. The molecule has 2 nitrogen and oxygen atoms in total. The molecule has 0 spiro atoms. The number of nitrogens with zero attached hydrogens (tertiary/aromatic N) is 2. The first-order chi connectivity index (χ1) is 5.36. The van der Waals surface area contributed by atoms with E-state index in [0.29, 0.717) is 0 Å². The smallest absolute Gasteiger partial charge is 0.0621 e. The van der Waals surface area contributed by atoms with Gasteiger partial charge in [0.05, 0.1) is 5.69 Å². The topological polar surface area (TPSA) is 17.8 Å². The van der Waals surface area contributed by atoms with E-state index in [0.717, 1.165) is 25.1 Å². The van der Waals surface area contributed by atoms with Gasteiger partial charge in [0, 0.05) is 12.7 Å². The van der Waals surface area contributed by atoms with Crippen LogP contribution < -0.4 is 0 Å². The Labute approximate surface area is 67.5 Å². The van der Waals surface area contributed by atoms with E-state index < -0.39 is 0 Å². The second-order valence-electron chi connectivity index (χ2n) is 2.50. The molecule has 1 aromatic heterocycles. The van der Waals surface area contributed by atoms with Crippen molar-refractivity contribution in [3.63, 3.8) is 0 Å². The van der Waals surface area contributed by atoms with Gasteiger partial charge in [-0.3, -0.25) is 4.68 Å². The minimum atomic E-state index is 0.948. The van der Waals surface area contributed by atoms with Gasteiger partial charge >= 0.3 is 0 Å². The third kappa shape index (κ3) is 2.22. The molecule has 0 radical (unpaired) electrons. The van der Waals surface area contributed by atoms with Crippen molar-refractivity contribution in [3.8, 4) is 0 Å². The Hall–Kier alpha value is -1.05. The fourth-order valence-electron chi connectivity index (χ4n) is 0.940. The third-order valence-electron chi connectivity index (χ3n) is 1.62. The zero-order chi connectivity index (χ0) is 8.10. The highest BCUT2D eigenvalue weighted by Gasteiger charge is 1.93. The predicted octanol–water partition coefficient (Wildman–Crippen LogP) is 2.02.